The molecule has 0 aliphatic carbocycles. The van der Waals surface area contributed by atoms with Crippen molar-refractivity contribution in [3.8, 4) is 11.8 Å². The molecule has 0 bridgehead atoms. The van der Waals surface area contributed by atoms with Crippen LogP contribution >= 0.6 is 0 Å². The molecule has 0 aliphatic heterocycles. The lowest BCUT2D eigenvalue weighted by Gasteiger charge is -2.06. The largest absolute Gasteiger partial charge is 0.399 e. The fraction of sp³-hybridized carbons (Fsp3) is 0.0455. The monoisotopic (exact) mass is 355 g/mol. The van der Waals surface area contributed by atoms with Crippen LogP contribution < -0.4 is 5.32 Å². The number of nitrogens with zero attached hydrogens (tertiary/aromatic N) is 2. The van der Waals surface area contributed by atoms with Crippen LogP contribution in [0.4, 0.5) is 5.69 Å². The standard InChI is InChI=1S/C22H17N3O2/c1-27-24-16-18-8-11-19(12-9-18)22(26)25-21-7-4-5-17(15-21)10-13-20-6-2-3-14-23-20/h2-9,11-12,14-16H,1H3,(H,25,26)/b24-16+. The van der Waals surface area contributed by atoms with Crippen LogP contribution in [0, 0.1) is 11.8 Å². The molecule has 0 unspecified atom stereocenters. The number of oxime groups is 1. The van der Waals surface area contributed by atoms with Crippen molar-refractivity contribution in [2.24, 2.45) is 5.16 Å². The average molecular weight is 355 g/mol. The van der Waals surface area contributed by atoms with Gasteiger partial charge in [0.25, 0.3) is 5.91 Å². The lowest BCUT2D eigenvalue weighted by molar-refractivity contribution is 0.102. The van der Waals surface area contributed by atoms with Crippen LogP contribution in [0.5, 0.6) is 0 Å². The van der Waals surface area contributed by atoms with E-state index in [0.717, 1.165) is 11.1 Å². The Morgan fingerprint density at radius 2 is 1.93 bits per heavy atom. The van der Waals surface area contributed by atoms with Gasteiger partial charge in [0.2, 0.25) is 0 Å². The van der Waals surface area contributed by atoms with Crippen LogP contribution in [-0.2, 0) is 4.84 Å². The molecular formula is C22H17N3O2. The molecule has 0 atom stereocenters. The Balaban J connectivity index is 1.70. The highest BCUT2D eigenvalue weighted by molar-refractivity contribution is 6.04. The third-order valence-corrected chi connectivity index (χ3v) is 3.60. The lowest BCUT2D eigenvalue weighted by atomic mass is 10.1. The molecule has 1 amide bonds. The van der Waals surface area contributed by atoms with E-state index in [0.29, 0.717) is 16.9 Å². The summed E-state index contributed by atoms with van der Waals surface area (Å²) in [5.41, 5.74) is 3.57. The Kier molecular flexibility index (Phi) is 5.95. The highest BCUT2D eigenvalue weighted by atomic mass is 16.6. The molecule has 0 spiro atoms. The van der Waals surface area contributed by atoms with Gasteiger partial charge in [-0.15, -0.1) is 0 Å². The first kappa shape index (κ1) is 17.9. The van der Waals surface area contributed by atoms with Gasteiger partial charge in [-0.3, -0.25) is 4.79 Å². The molecule has 1 aromatic heterocycles. The number of rotatable bonds is 4. The molecule has 0 saturated carbocycles. The number of hydrogen-bond donors (Lipinski definition) is 1. The molecule has 132 valence electrons. The molecule has 0 aliphatic rings. The van der Waals surface area contributed by atoms with Gasteiger partial charge in [0, 0.05) is 23.0 Å². The SMILES string of the molecule is CO/N=C/c1ccc(C(=O)Nc2cccc(C#Cc3ccccn3)c2)cc1. The summed E-state index contributed by atoms with van der Waals surface area (Å²) in [6.45, 7) is 0. The maximum Gasteiger partial charge on any atom is 0.255 e. The molecule has 0 radical (unpaired) electrons. The number of benzene rings is 2. The van der Waals surface area contributed by atoms with Crippen molar-refractivity contribution in [3.63, 3.8) is 0 Å². The molecule has 5 nitrogen and oxygen atoms in total. The van der Waals surface area contributed by atoms with Gasteiger partial charge in [0.15, 0.2) is 0 Å². The second kappa shape index (κ2) is 8.97. The Morgan fingerprint density at radius 3 is 2.67 bits per heavy atom. The van der Waals surface area contributed by atoms with E-state index in [9.17, 15) is 4.79 Å². The second-order valence-corrected chi connectivity index (χ2v) is 5.54. The van der Waals surface area contributed by atoms with E-state index >= 15 is 0 Å². The molecule has 5 heteroatoms. The zero-order chi connectivity index (χ0) is 18.9. The van der Waals surface area contributed by atoms with Crippen molar-refractivity contribution >= 4 is 17.8 Å². The highest BCUT2D eigenvalue weighted by Gasteiger charge is 2.06. The first-order chi connectivity index (χ1) is 13.2. The van der Waals surface area contributed by atoms with Crippen molar-refractivity contribution in [2.45, 2.75) is 0 Å². The Bertz CT molecular complexity index is 1000. The van der Waals surface area contributed by atoms with Gasteiger partial charge in [0.1, 0.15) is 12.8 Å². The van der Waals surface area contributed by atoms with E-state index in [-0.39, 0.29) is 5.91 Å². The normalized spacial score (nSPS) is 10.1. The molecule has 3 aromatic rings. The summed E-state index contributed by atoms with van der Waals surface area (Å²) in [6, 6.07) is 20.0. The number of nitrogens with one attached hydrogen (secondary N) is 1. The van der Waals surface area contributed by atoms with E-state index in [2.05, 4.69) is 32.1 Å². The fourth-order valence-electron chi connectivity index (χ4n) is 2.28. The van der Waals surface area contributed by atoms with E-state index in [4.69, 9.17) is 0 Å². The minimum absolute atomic E-state index is 0.194. The predicted molar refractivity (Wildman–Crippen MR) is 106 cm³/mol. The summed E-state index contributed by atoms with van der Waals surface area (Å²) >= 11 is 0. The van der Waals surface area contributed by atoms with E-state index in [1.165, 1.54) is 7.11 Å². The number of carbonyl (C=O) groups is 1. The zero-order valence-electron chi connectivity index (χ0n) is 14.7. The highest BCUT2D eigenvalue weighted by Crippen LogP contribution is 2.12. The third-order valence-electron chi connectivity index (χ3n) is 3.60. The van der Waals surface area contributed by atoms with Gasteiger partial charge in [-0.2, -0.15) is 0 Å². The second-order valence-electron chi connectivity index (χ2n) is 5.54. The molecule has 0 saturated heterocycles. The summed E-state index contributed by atoms with van der Waals surface area (Å²) < 4.78 is 0. The minimum Gasteiger partial charge on any atom is -0.399 e. The Hall–Kier alpha value is -3.91. The molecule has 0 fully saturated rings. The van der Waals surface area contributed by atoms with Crippen molar-refractivity contribution in [2.75, 3.05) is 12.4 Å². The maximum absolute atomic E-state index is 12.4. The number of hydrogen-bond acceptors (Lipinski definition) is 4. The van der Waals surface area contributed by atoms with Gasteiger partial charge >= 0.3 is 0 Å². The molecule has 1 heterocycles. The van der Waals surface area contributed by atoms with Crippen LogP contribution in [0.15, 0.2) is 78.1 Å². The third kappa shape index (κ3) is 5.28. The van der Waals surface area contributed by atoms with Gasteiger partial charge in [-0.25, -0.2) is 4.98 Å². The number of aromatic nitrogens is 1. The summed E-state index contributed by atoms with van der Waals surface area (Å²) in [6.07, 6.45) is 3.28. The molecule has 3 rings (SSSR count). The summed E-state index contributed by atoms with van der Waals surface area (Å²) in [7, 11) is 1.48. The molecule has 27 heavy (non-hydrogen) atoms. The van der Waals surface area contributed by atoms with Crippen molar-refractivity contribution in [1.29, 1.82) is 0 Å². The van der Waals surface area contributed by atoms with E-state index in [1.54, 1.807) is 36.7 Å². The van der Waals surface area contributed by atoms with Crippen LogP contribution in [0.3, 0.4) is 0 Å². The quantitative estimate of drug-likeness (QED) is 0.441. The number of amides is 1. The van der Waals surface area contributed by atoms with Gasteiger partial charge < -0.3 is 10.2 Å². The zero-order valence-corrected chi connectivity index (χ0v) is 14.7. The predicted octanol–water partition coefficient (Wildman–Crippen LogP) is 3.71. The Labute approximate surface area is 157 Å². The number of anilines is 1. The van der Waals surface area contributed by atoms with Gasteiger partial charge in [-0.1, -0.05) is 35.3 Å². The summed E-state index contributed by atoms with van der Waals surface area (Å²) in [5, 5.41) is 6.57. The maximum atomic E-state index is 12.4. The van der Waals surface area contributed by atoms with Gasteiger partial charge in [-0.05, 0) is 53.9 Å². The average Bonchev–Trinajstić information content (AvgIpc) is 2.72. The number of pyridine rings is 1. The Morgan fingerprint density at radius 1 is 1.07 bits per heavy atom. The van der Waals surface area contributed by atoms with Crippen LogP contribution in [0.2, 0.25) is 0 Å². The smallest absolute Gasteiger partial charge is 0.255 e. The van der Waals surface area contributed by atoms with Crippen molar-refractivity contribution < 1.29 is 9.63 Å². The van der Waals surface area contributed by atoms with Crippen LogP contribution in [0.25, 0.3) is 0 Å². The minimum atomic E-state index is -0.194. The van der Waals surface area contributed by atoms with E-state index < -0.39 is 0 Å². The summed E-state index contributed by atoms with van der Waals surface area (Å²) in [4.78, 5) is 21.2. The van der Waals surface area contributed by atoms with Crippen LogP contribution in [-0.4, -0.2) is 24.2 Å². The first-order valence-electron chi connectivity index (χ1n) is 8.26. The van der Waals surface area contributed by atoms with Crippen LogP contribution in [0.1, 0.15) is 27.2 Å². The van der Waals surface area contributed by atoms with Crippen molar-refractivity contribution in [3.05, 3.63) is 95.3 Å². The topological polar surface area (TPSA) is 63.6 Å². The molecule has 2 aromatic carbocycles. The summed E-state index contributed by atoms with van der Waals surface area (Å²) in [5.74, 6) is 5.86. The fourth-order valence-corrected chi connectivity index (χ4v) is 2.28. The molecule has 1 N–H and O–H groups in total. The van der Waals surface area contributed by atoms with Gasteiger partial charge in [0.05, 0.1) is 6.21 Å². The lowest BCUT2D eigenvalue weighted by Crippen LogP contribution is -2.11. The first-order valence-corrected chi connectivity index (χ1v) is 8.26. The molecular weight excluding hydrogens is 338 g/mol. The number of carbonyl (C=O) groups excluding carboxylic acids is 1. The van der Waals surface area contributed by atoms with E-state index in [1.807, 2.05) is 42.5 Å². The van der Waals surface area contributed by atoms with Crippen molar-refractivity contribution in [1.82, 2.24) is 4.98 Å².